The van der Waals surface area contributed by atoms with E-state index in [1.807, 2.05) is 66.6 Å². The number of nitrogens with zero attached hydrogens (tertiary/aromatic N) is 6. The van der Waals surface area contributed by atoms with E-state index in [1.54, 1.807) is 12.4 Å². The van der Waals surface area contributed by atoms with Crippen LogP contribution in [0.3, 0.4) is 0 Å². The fraction of sp³-hybridized carbons (Fsp3) is 0.280. The summed E-state index contributed by atoms with van der Waals surface area (Å²) < 4.78 is 18.1. The van der Waals surface area contributed by atoms with E-state index in [9.17, 15) is 4.39 Å². The molecule has 1 aliphatic heterocycles. The molecule has 0 saturated carbocycles. The molecule has 4 heterocycles. The Morgan fingerprint density at radius 3 is 2.72 bits per heavy atom. The number of rotatable bonds is 4. The van der Waals surface area contributed by atoms with Gasteiger partial charge in [-0.3, -0.25) is 4.98 Å². The van der Waals surface area contributed by atoms with Crippen molar-refractivity contribution >= 4 is 12.2 Å². The van der Waals surface area contributed by atoms with E-state index in [0.717, 1.165) is 53.5 Å². The maximum atomic E-state index is 14.1. The van der Waals surface area contributed by atoms with Crippen molar-refractivity contribution in [3.05, 3.63) is 88.5 Å². The number of benzene rings is 1. The van der Waals surface area contributed by atoms with E-state index in [4.69, 9.17) is 9.97 Å². The number of hydrogen-bond donors (Lipinski definition) is 0. The standard InChI is InChI=1S/C25H25FN6/c1-16-14-31(15-27-16)23-11-9-19(28-18(23)3)10-12-24-29-25-21(7-5-13-32(25)30-24)20-6-4-8-22(26)17(20)2/h4,6,8-12,14-15,21H,5,7,13H2,1-3H3/b12-10+/t21-/m1/s1. The summed E-state index contributed by atoms with van der Waals surface area (Å²) in [5.74, 6) is 1.44. The van der Waals surface area contributed by atoms with Crippen LogP contribution in [0.4, 0.5) is 4.39 Å². The Morgan fingerprint density at radius 1 is 1.06 bits per heavy atom. The van der Waals surface area contributed by atoms with Gasteiger partial charge in [-0.25, -0.2) is 19.0 Å². The molecule has 6 nitrogen and oxygen atoms in total. The summed E-state index contributed by atoms with van der Waals surface area (Å²) in [7, 11) is 0. The van der Waals surface area contributed by atoms with Crippen LogP contribution in [-0.4, -0.2) is 29.3 Å². The molecule has 5 rings (SSSR count). The molecule has 1 aliphatic rings. The molecule has 0 radical (unpaired) electrons. The number of fused-ring (bicyclic) bond motifs is 1. The second-order valence-corrected chi connectivity index (χ2v) is 8.30. The maximum absolute atomic E-state index is 14.1. The van der Waals surface area contributed by atoms with Crippen LogP contribution < -0.4 is 0 Å². The van der Waals surface area contributed by atoms with Crippen LogP contribution in [0.2, 0.25) is 0 Å². The first-order chi connectivity index (χ1) is 15.5. The second kappa shape index (κ2) is 8.15. The minimum Gasteiger partial charge on any atom is -0.304 e. The van der Waals surface area contributed by atoms with Gasteiger partial charge in [-0.1, -0.05) is 12.1 Å². The summed E-state index contributed by atoms with van der Waals surface area (Å²) in [6, 6.07) is 9.30. The van der Waals surface area contributed by atoms with E-state index in [2.05, 4.69) is 10.1 Å². The molecule has 0 N–H and O–H groups in total. The molecule has 32 heavy (non-hydrogen) atoms. The average Bonchev–Trinajstić information content (AvgIpc) is 3.40. The highest BCUT2D eigenvalue weighted by Crippen LogP contribution is 2.34. The Balaban J connectivity index is 1.41. The summed E-state index contributed by atoms with van der Waals surface area (Å²) in [5.41, 5.74) is 5.42. The first-order valence-corrected chi connectivity index (χ1v) is 10.9. The van der Waals surface area contributed by atoms with Gasteiger partial charge in [0.25, 0.3) is 0 Å². The molecule has 7 heteroatoms. The zero-order valence-corrected chi connectivity index (χ0v) is 18.5. The lowest BCUT2D eigenvalue weighted by Crippen LogP contribution is -2.18. The summed E-state index contributed by atoms with van der Waals surface area (Å²) in [6.45, 7) is 6.62. The van der Waals surface area contributed by atoms with Crippen LogP contribution in [0.25, 0.3) is 17.8 Å². The Labute approximate surface area is 186 Å². The van der Waals surface area contributed by atoms with E-state index in [1.165, 1.54) is 6.07 Å². The molecule has 1 atom stereocenters. The highest BCUT2D eigenvalue weighted by Gasteiger charge is 2.27. The SMILES string of the molecule is Cc1cn(-c2ccc(/C=C/c3nc4n(n3)CCC[C@@H]4c3cccc(F)c3C)nc2C)cn1. The third-order valence-electron chi connectivity index (χ3n) is 6.05. The lowest BCUT2D eigenvalue weighted by Gasteiger charge is -2.23. The lowest BCUT2D eigenvalue weighted by molar-refractivity contribution is 0.443. The van der Waals surface area contributed by atoms with Gasteiger partial charge in [-0.15, -0.1) is 0 Å². The van der Waals surface area contributed by atoms with Crippen molar-refractivity contribution in [1.29, 1.82) is 0 Å². The van der Waals surface area contributed by atoms with E-state index in [0.29, 0.717) is 11.4 Å². The predicted octanol–water partition coefficient (Wildman–Crippen LogP) is 5.02. The fourth-order valence-corrected chi connectivity index (χ4v) is 4.39. The van der Waals surface area contributed by atoms with Gasteiger partial charge < -0.3 is 4.57 Å². The van der Waals surface area contributed by atoms with Gasteiger partial charge in [0.05, 0.1) is 29.1 Å². The van der Waals surface area contributed by atoms with Crippen LogP contribution in [0.15, 0.2) is 42.9 Å². The summed E-state index contributed by atoms with van der Waals surface area (Å²) >= 11 is 0. The number of hydrogen-bond acceptors (Lipinski definition) is 4. The molecule has 0 spiro atoms. The summed E-state index contributed by atoms with van der Waals surface area (Å²) in [4.78, 5) is 13.8. The minimum absolute atomic E-state index is 0.0624. The highest BCUT2D eigenvalue weighted by atomic mass is 19.1. The topological polar surface area (TPSA) is 61.4 Å². The van der Waals surface area contributed by atoms with Crippen molar-refractivity contribution in [3.8, 4) is 5.69 Å². The molecule has 0 saturated heterocycles. The second-order valence-electron chi connectivity index (χ2n) is 8.30. The number of halogens is 1. The minimum atomic E-state index is -0.171. The van der Waals surface area contributed by atoms with Crippen molar-refractivity contribution in [2.24, 2.45) is 0 Å². The quantitative estimate of drug-likeness (QED) is 0.458. The normalized spacial score (nSPS) is 15.9. The van der Waals surface area contributed by atoms with Crippen LogP contribution in [0, 0.1) is 26.6 Å². The number of aryl methyl sites for hydroxylation is 3. The van der Waals surface area contributed by atoms with Gasteiger partial charge in [0.15, 0.2) is 5.82 Å². The van der Waals surface area contributed by atoms with Crippen LogP contribution in [0.1, 0.15) is 58.6 Å². The lowest BCUT2D eigenvalue weighted by atomic mass is 9.88. The molecule has 0 bridgehead atoms. The van der Waals surface area contributed by atoms with Gasteiger partial charge in [0.1, 0.15) is 11.6 Å². The first-order valence-electron chi connectivity index (χ1n) is 10.9. The third kappa shape index (κ3) is 3.75. The Bertz CT molecular complexity index is 1320. The molecule has 4 aromatic rings. The van der Waals surface area contributed by atoms with Crippen molar-refractivity contribution < 1.29 is 4.39 Å². The summed E-state index contributed by atoms with van der Waals surface area (Å²) in [6.07, 6.45) is 9.54. The van der Waals surface area contributed by atoms with Crippen molar-refractivity contribution in [2.75, 3.05) is 0 Å². The zero-order valence-electron chi connectivity index (χ0n) is 18.5. The monoisotopic (exact) mass is 428 g/mol. The molecule has 1 aromatic carbocycles. The molecule has 0 aliphatic carbocycles. The molecular weight excluding hydrogens is 403 g/mol. The van der Waals surface area contributed by atoms with E-state index >= 15 is 0 Å². The summed E-state index contributed by atoms with van der Waals surface area (Å²) in [5, 5.41) is 4.67. The maximum Gasteiger partial charge on any atom is 0.174 e. The van der Waals surface area contributed by atoms with E-state index < -0.39 is 0 Å². The fourth-order valence-electron chi connectivity index (χ4n) is 4.39. The first kappa shape index (κ1) is 20.3. The van der Waals surface area contributed by atoms with Crippen LogP contribution in [0.5, 0.6) is 0 Å². The number of aromatic nitrogens is 6. The van der Waals surface area contributed by atoms with Gasteiger partial charge in [-0.2, -0.15) is 5.10 Å². The molecule has 0 amide bonds. The number of pyridine rings is 1. The van der Waals surface area contributed by atoms with E-state index in [-0.39, 0.29) is 11.7 Å². The van der Waals surface area contributed by atoms with Gasteiger partial charge >= 0.3 is 0 Å². The van der Waals surface area contributed by atoms with Crippen molar-refractivity contribution in [2.45, 2.75) is 46.1 Å². The van der Waals surface area contributed by atoms with Gasteiger partial charge in [-0.05, 0) is 75.1 Å². The Kier molecular flexibility index (Phi) is 5.17. The highest BCUT2D eigenvalue weighted by molar-refractivity contribution is 5.65. The average molecular weight is 429 g/mol. The molecular formula is C25H25FN6. The predicted molar refractivity (Wildman–Crippen MR) is 122 cm³/mol. The third-order valence-corrected chi connectivity index (χ3v) is 6.05. The van der Waals surface area contributed by atoms with Crippen molar-refractivity contribution in [3.63, 3.8) is 0 Å². The van der Waals surface area contributed by atoms with Crippen LogP contribution >= 0.6 is 0 Å². The van der Waals surface area contributed by atoms with Gasteiger partial charge in [0, 0.05) is 18.7 Å². The molecule has 0 fully saturated rings. The van der Waals surface area contributed by atoms with Crippen LogP contribution in [-0.2, 0) is 6.54 Å². The molecule has 0 unspecified atom stereocenters. The molecule has 3 aromatic heterocycles. The number of imidazole rings is 1. The zero-order chi connectivity index (χ0) is 22.2. The Hall–Kier alpha value is -3.61. The molecule has 162 valence electrons. The largest absolute Gasteiger partial charge is 0.304 e. The van der Waals surface area contributed by atoms with Gasteiger partial charge in [0.2, 0.25) is 0 Å². The smallest absolute Gasteiger partial charge is 0.174 e. The van der Waals surface area contributed by atoms with Crippen molar-refractivity contribution in [1.82, 2.24) is 29.3 Å². The Morgan fingerprint density at radius 2 is 1.94 bits per heavy atom.